The summed E-state index contributed by atoms with van der Waals surface area (Å²) < 4.78 is 13.8. The van der Waals surface area contributed by atoms with E-state index in [1.807, 2.05) is 36.2 Å². The van der Waals surface area contributed by atoms with Gasteiger partial charge in [-0.25, -0.2) is 4.39 Å². The van der Waals surface area contributed by atoms with Crippen LogP contribution in [0.5, 0.6) is 0 Å². The number of nitrogens with one attached hydrogen (secondary N) is 1. The number of carbonyl (C=O) groups is 1. The first-order valence-electron chi connectivity index (χ1n) is 6.52. The maximum atomic E-state index is 12.8. The third kappa shape index (κ3) is 4.95. The van der Waals surface area contributed by atoms with E-state index in [0.717, 1.165) is 10.0 Å². The molecule has 3 nitrogen and oxygen atoms in total. The number of rotatable bonds is 5. The standard InChI is InChI=1S/C16H16BrFN2O/c1-20(10-12-4-2-3-5-15(12)17)11-16(21)19-14-8-6-13(18)7-9-14/h2-9H,10-11H2,1H3,(H,19,21). The highest BCUT2D eigenvalue weighted by atomic mass is 79.9. The molecule has 0 heterocycles. The lowest BCUT2D eigenvalue weighted by Gasteiger charge is -2.17. The summed E-state index contributed by atoms with van der Waals surface area (Å²) in [5.74, 6) is -0.449. The Labute approximate surface area is 131 Å². The van der Waals surface area contributed by atoms with E-state index in [1.54, 1.807) is 12.1 Å². The summed E-state index contributed by atoms with van der Waals surface area (Å²) in [4.78, 5) is 13.8. The van der Waals surface area contributed by atoms with Gasteiger partial charge in [-0.3, -0.25) is 9.69 Å². The molecule has 1 N–H and O–H groups in total. The van der Waals surface area contributed by atoms with E-state index in [-0.39, 0.29) is 18.3 Å². The summed E-state index contributed by atoms with van der Waals surface area (Å²) >= 11 is 3.49. The molecule has 0 bridgehead atoms. The molecule has 0 unspecified atom stereocenters. The van der Waals surface area contributed by atoms with E-state index < -0.39 is 0 Å². The van der Waals surface area contributed by atoms with Crippen LogP contribution in [0, 0.1) is 5.82 Å². The molecule has 21 heavy (non-hydrogen) atoms. The van der Waals surface area contributed by atoms with E-state index in [2.05, 4.69) is 21.2 Å². The van der Waals surface area contributed by atoms with E-state index in [1.165, 1.54) is 12.1 Å². The summed E-state index contributed by atoms with van der Waals surface area (Å²) in [6.45, 7) is 0.928. The number of anilines is 1. The molecule has 0 aliphatic rings. The highest BCUT2D eigenvalue weighted by molar-refractivity contribution is 9.10. The van der Waals surface area contributed by atoms with Gasteiger partial charge in [-0.2, -0.15) is 0 Å². The molecular formula is C16H16BrFN2O. The van der Waals surface area contributed by atoms with Crippen molar-refractivity contribution in [1.82, 2.24) is 4.90 Å². The zero-order valence-electron chi connectivity index (χ0n) is 11.6. The molecule has 0 aliphatic carbocycles. The predicted molar refractivity (Wildman–Crippen MR) is 85.5 cm³/mol. The maximum absolute atomic E-state index is 12.8. The molecule has 2 rings (SSSR count). The number of benzene rings is 2. The highest BCUT2D eigenvalue weighted by Crippen LogP contribution is 2.17. The largest absolute Gasteiger partial charge is 0.325 e. The number of nitrogens with zero attached hydrogens (tertiary/aromatic N) is 1. The zero-order chi connectivity index (χ0) is 15.2. The van der Waals surface area contributed by atoms with Gasteiger partial charge >= 0.3 is 0 Å². The van der Waals surface area contributed by atoms with Gasteiger partial charge in [0.2, 0.25) is 5.91 Å². The number of amides is 1. The number of halogens is 2. The molecule has 0 spiro atoms. The number of hydrogen-bond acceptors (Lipinski definition) is 2. The third-order valence-electron chi connectivity index (χ3n) is 2.94. The van der Waals surface area contributed by atoms with E-state index >= 15 is 0 Å². The van der Waals surface area contributed by atoms with Crippen LogP contribution in [0.15, 0.2) is 53.0 Å². The van der Waals surface area contributed by atoms with Crippen molar-refractivity contribution in [3.8, 4) is 0 Å². The first-order chi connectivity index (χ1) is 10.0. The van der Waals surface area contributed by atoms with Crippen LogP contribution in [0.25, 0.3) is 0 Å². The highest BCUT2D eigenvalue weighted by Gasteiger charge is 2.09. The molecule has 2 aromatic rings. The minimum atomic E-state index is -0.320. The van der Waals surface area contributed by atoms with Gasteiger partial charge in [0.1, 0.15) is 5.82 Å². The van der Waals surface area contributed by atoms with Gasteiger partial charge in [-0.1, -0.05) is 34.1 Å². The van der Waals surface area contributed by atoms with Crippen molar-refractivity contribution in [3.05, 3.63) is 64.4 Å². The second kappa shape index (κ2) is 7.33. The SMILES string of the molecule is CN(CC(=O)Nc1ccc(F)cc1)Cc1ccccc1Br. The van der Waals surface area contributed by atoms with Crippen LogP contribution < -0.4 is 5.32 Å². The first kappa shape index (κ1) is 15.7. The maximum Gasteiger partial charge on any atom is 0.238 e. The summed E-state index contributed by atoms with van der Waals surface area (Å²) in [6, 6.07) is 13.6. The first-order valence-corrected chi connectivity index (χ1v) is 7.31. The van der Waals surface area contributed by atoms with Gasteiger partial charge in [0.15, 0.2) is 0 Å². The molecule has 2 aromatic carbocycles. The minimum absolute atomic E-state index is 0.129. The molecule has 0 saturated heterocycles. The average Bonchev–Trinajstić information content (AvgIpc) is 2.44. The fraction of sp³-hybridized carbons (Fsp3) is 0.188. The Kier molecular flexibility index (Phi) is 5.47. The monoisotopic (exact) mass is 350 g/mol. The van der Waals surface area contributed by atoms with Gasteiger partial charge in [0.05, 0.1) is 6.54 Å². The number of likely N-dealkylation sites (N-methyl/N-ethyl adjacent to an activating group) is 1. The fourth-order valence-corrected chi connectivity index (χ4v) is 2.36. The predicted octanol–water partition coefficient (Wildman–Crippen LogP) is 3.66. The molecule has 1 amide bonds. The van der Waals surface area contributed by atoms with Crippen molar-refractivity contribution < 1.29 is 9.18 Å². The molecule has 0 atom stereocenters. The van der Waals surface area contributed by atoms with Crippen molar-refractivity contribution in [2.24, 2.45) is 0 Å². The summed E-state index contributed by atoms with van der Waals surface area (Å²) in [7, 11) is 1.88. The zero-order valence-corrected chi connectivity index (χ0v) is 13.2. The molecule has 0 radical (unpaired) electrons. The fourth-order valence-electron chi connectivity index (χ4n) is 1.95. The van der Waals surface area contributed by atoms with Crippen LogP contribution in [-0.4, -0.2) is 24.4 Å². The Morgan fingerprint density at radius 1 is 1.19 bits per heavy atom. The van der Waals surface area contributed by atoms with Crippen LogP contribution in [0.3, 0.4) is 0 Å². The Morgan fingerprint density at radius 3 is 2.52 bits per heavy atom. The van der Waals surface area contributed by atoms with Gasteiger partial charge in [0.25, 0.3) is 0 Å². The Bertz CT molecular complexity index is 616. The number of carbonyl (C=O) groups excluding carboxylic acids is 1. The third-order valence-corrected chi connectivity index (χ3v) is 3.71. The second-order valence-electron chi connectivity index (χ2n) is 4.82. The van der Waals surface area contributed by atoms with Gasteiger partial charge < -0.3 is 5.32 Å². The Balaban J connectivity index is 1.87. The lowest BCUT2D eigenvalue weighted by atomic mass is 10.2. The average molecular weight is 351 g/mol. The second-order valence-corrected chi connectivity index (χ2v) is 5.67. The van der Waals surface area contributed by atoms with Crippen molar-refractivity contribution in [1.29, 1.82) is 0 Å². The van der Waals surface area contributed by atoms with Crippen LogP contribution in [0.2, 0.25) is 0 Å². The molecular weight excluding hydrogens is 335 g/mol. The van der Waals surface area contributed by atoms with E-state index in [9.17, 15) is 9.18 Å². The van der Waals surface area contributed by atoms with Gasteiger partial charge in [-0.15, -0.1) is 0 Å². The lowest BCUT2D eigenvalue weighted by molar-refractivity contribution is -0.117. The molecule has 5 heteroatoms. The Hall–Kier alpha value is -1.72. The van der Waals surface area contributed by atoms with Crippen LogP contribution in [0.4, 0.5) is 10.1 Å². The van der Waals surface area contributed by atoms with E-state index in [0.29, 0.717) is 12.2 Å². The van der Waals surface area contributed by atoms with Crippen LogP contribution in [0.1, 0.15) is 5.56 Å². The molecule has 0 fully saturated rings. The topological polar surface area (TPSA) is 32.3 Å². The molecule has 110 valence electrons. The summed E-state index contributed by atoms with van der Waals surface area (Å²) in [6.07, 6.45) is 0. The molecule has 0 aromatic heterocycles. The minimum Gasteiger partial charge on any atom is -0.325 e. The van der Waals surface area contributed by atoms with Crippen LogP contribution >= 0.6 is 15.9 Å². The van der Waals surface area contributed by atoms with Crippen molar-refractivity contribution in [3.63, 3.8) is 0 Å². The van der Waals surface area contributed by atoms with E-state index in [4.69, 9.17) is 0 Å². The van der Waals surface area contributed by atoms with Gasteiger partial charge in [-0.05, 0) is 42.9 Å². The van der Waals surface area contributed by atoms with Crippen LogP contribution in [-0.2, 0) is 11.3 Å². The normalized spacial score (nSPS) is 10.7. The summed E-state index contributed by atoms with van der Waals surface area (Å²) in [5.41, 5.74) is 1.71. The van der Waals surface area contributed by atoms with Crippen molar-refractivity contribution in [2.45, 2.75) is 6.54 Å². The molecule has 0 saturated carbocycles. The quantitative estimate of drug-likeness (QED) is 0.892. The smallest absolute Gasteiger partial charge is 0.238 e. The number of hydrogen-bond donors (Lipinski definition) is 1. The van der Waals surface area contributed by atoms with Crippen molar-refractivity contribution in [2.75, 3.05) is 18.9 Å². The van der Waals surface area contributed by atoms with Crippen molar-refractivity contribution >= 4 is 27.5 Å². The Morgan fingerprint density at radius 2 is 1.86 bits per heavy atom. The molecule has 0 aliphatic heterocycles. The summed E-state index contributed by atoms with van der Waals surface area (Å²) in [5, 5.41) is 2.74. The lowest BCUT2D eigenvalue weighted by Crippen LogP contribution is -2.29. The van der Waals surface area contributed by atoms with Gasteiger partial charge in [0, 0.05) is 16.7 Å².